The van der Waals surface area contributed by atoms with Crippen LogP contribution < -0.4 is 5.32 Å². The number of fused-ring (bicyclic) bond motifs is 1. The number of alkyl halides is 3. The van der Waals surface area contributed by atoms with Crippen LogP contribution in [0.4, 0.5) is 18.9 Å². The predicted molar refractivity (Wildman–Crippen MR) is 111 cm³/mol. The van der Waals surface area contributed by atoms with Gasteiger partial charge in [-0.2, -0.15) is 13.2 Å². The first-order chi connectivity index (χ1) is 14.2. The quantitative estimate of drug-likeness (QED) is 0.654. The van der Waals surface area contributed by atoms with Crippen LogP contribution in [-0.4, -0.2) is 42.8 Å². The van der Waals surface area contributed by atoms with Crippen LogP contribution in [0.2, 0.25) is 0 Å². The number of carbonyl (C=O) groups excluding carboxylic acids is 1. The van der Waals surface area contributed by atoms with Crippen LogP contribution in [0, 0.1) is 5.92 Å². The highest BCUT2D eigenvalue weighted by atomic mass is 79.9. The number of rotatable bonds is 4. The highest BCUT2D eigenvalue weighted by molar-refractivity contribution is 9.10. The maximum Gasteiger partial charge on any atom is 0.417 e. The van der Waals surface area contributed by atoms with Crippen molar-refractivity contribution in [3.05, 3.63) is 64.1 Å². The Morgan fingerprint density at radius 1 is 1.20 bits per heavy atom. The van der Waals surface area contributed by atoms with Crippen LogP contribution in [0.25, 0.3) is 0 Å². The van der Waals surface area contributed by atoms with E-state index in [9.17, 15) is 18.0 Å². The van der Waals surface area contributed by atoms with Gasteiger partial charge in [-0.25, -0.2) is 0 Å². The van der Waals surface area contributed by atoms with E-state index in [2.05, 4.69) is 21.2 Å². The summed E-state index contributed by atoms with van der Waals surface area (Å²) in [5, 5.41) is 2.93. The molecule has 0 aromatic heterocycles. The molecule has 4 nitrogen and oxygen atoms in total. The number of anilines is 1. The van der Waals surface area contributed by atoms with Crippen molar-refractivity contribution in [1.29, 1.82) is 0 Å². The molecule has 1 aliphatic heterocycles. The summed E-state index contributed by atoms with van der Waals surface area (Å²) in [5.74, 6) is -0.385. The molecule has 2 aliphatic rings. The van der Waals surface area contributed by atoms with Crippen molar-refractivity contribution < 1.29 is 22.7 Å². The second-order valence-electron chi connectivity index (χ2n) is 7.99. The minimum absolute atomic E-state index is 0.0992. The fraction of sp³-hybridized carbons (Fsp3) is 0.409. The minimum Gasteiger partial charge on any atom is -0.369 e. The zero-order chi connectivity index (χ0) is 21.5. The lowest BCUT2D eigenvalue weighted by atomic mass is 9.69. The Morgan fingerprint density at radius 3 is 2.53 bits per heavy atom. The first-order valence-electron chi connectivity index (χ1n) is 9.72. The van der Waals surface area contributed by atoms with E-state index in [1.165, 1.54) is 0 Å². The number of benzene rings is 2. The molecule has 1 fully saturated rings. The van der Waals surface area contributed by atoms with Gasteiger partial charge >= 0.3 is 6.18 Å². The van der Waals surface area contributed by atoms with Gasteiger partial charge in [0.2, 0.25) is 5.91 Å². The average molecular weight is 483 g/mol. The Kier molecular flexibility index (Phi) is 5.67. The fourth-order valence-electron chi connectivity index (χ4n) is 4.58. The highest BCUT2D eigenvalue weighted by Crippen LogP contribution is 2.52. The van der Waals surface area contributed by atoms with Crippen LogP contribution >= 0.6 is 15.9 Å². The molecule has 1 atom stereocenters. The van der Waals surface area contributed by atoms with Crippen molar-refractivity contribution in [2.45, 2.75) is 30.7 Å². The van der Waals surface area contributed by atoms with Crippen molar-refractivity contribution >= 4 is 27.5 Å². The summed E-state index contributed by atoms with van der Waals surface area (Å²) < 4.78 is 46.0. The molecule has 4 rings (SSSR count). The van der Waals surface area contributed by atoms with E-state index in [1.54, 1.807) is 0 Å². The Balaban J connectivity index is 1.66. The summed E-state index contributed by atoms with van der Waals surface area (Å²) in [7, 11) is 1.11. The molecular formula is C22H22BrF3N2O2. The molecule has 8 heteroatoms. The van der Waals surface area contributed by atoms with E-state index in [1.807, 2.05) is 53.4 Å². The second-order valence-corrected chi connectivity index (χ2v) is 8.91. The second kappa shape index (κ2) is 7.98. The number of hydrogen-bond acceptors (Lipinski definition) is 3. The zero-order valence-corrected chi connectivity index (χ0v) is 18.0. The van der Waals surface area contributed by atoms with Crippen LogP contribution in [0.1, 0.15) is 30.0 Å². The maximum atomic E-state index is 13.4. The average Bonchev–Trinajstić information content (AvgIpc) is 2.79. The van der Waals surface area contributed by atoms with E-state index in [-0.39, 0.29) is 37.3 Å². The normalized spacial score (nSPS) is 27.0. The third-order valence-electron chi connectivity index (χ3n) is 6.05. The van der Waals surface area contributed by atoms with Crippen molar-refractivity contribution in [3.63, 3.8) is 0 Å². The number of amides is 1. The molecule has 160 valence electrons. The van der Waals surface area contributed by atoms with Gasteiger partial charge in [0, 0.05) is 23.8 Å². The molecule has 1 heterocycles. The Morgan fingerprint density at radius 2 is 1.90 bits per heavy atom. The van der Waals surface area contributed by atoms with E-state index in [4.69, 9.17) is 4.74 Å². The number of methoxy groups -OCH3 is 1. The Labute approximate surface area is 181 Å². The topological polar surface area (TPSA) is 41.6 Å². The maximum absolute atomic E-state index is 13.4. The zero-order valence-electron chi connectivity index (χ0n) is 16.4. The van der Waals surface area contributed by atoms with Gasteiger partial charge < -0.3 is 10.1 Å². The van der Waals surface area contributed by atoms with Crippen molar-refractivity contribution in [3.8, 4) is 0 Å². The van der Waals surface area contributed by atoms with Crippen molar-refractivity contribution in [2.24, 2.45) is 5.92 Å². The molecule has 1 saturated carbocycles. The highest BCUT2D eigenvalue weighted by Gasteiger charge is 2.62. The SMILES string of the molecule is COC1(C(F)(F)F)CC(CN2CC(=O)Nc3ccc(Br)cc3C2c2ccccc2)C1. The Bertz CT molecular complexity index is 930. The van der Waals surface area contributed by atoms with Gasteiger partial charge in [-0.15, -0.1) is 0 Å². The standard InChI is InChI=1S/C22H22BrF3N2O2/c1-30-21(22(24,25)26)10-14(11-21)12-28-13-19(29)27-18-8-7-16(23)9-17(18)20(28)15-5-3-2-4-6-15/h2-9,14,20H,10-13H2,1H3,(H,27,29). The summed E-state index contributed by atoms with van der Waals surface area (Å²) in [4.78, 5) is 14.6. The predicted octanol–water partition coefficient (Wildman–Crippen LogP) is 5.15. The van der Waals surface area contributed by atoms with Gasteiger partial charge in [-0.3, -0.25) is 9.69 Å². The van der Waals surface area contributed by atoms with Crippen molar-refractivity contribution in [2.75, 3.05) is 25.5 Å². The minimum atomic E-state index is -4.40. The molecule has 0 spiro atoms. The van der Waals surface area contributed by atoms with E-state index in [0.29, 0.717) is 6.54 Å². The Hall–Kier alpha value is -1.90. The fourth-order valence-corrected chi connectivity index (χ4v) is 4.96. The summed E-state index contributed by atoms with van der Waals surface area (Å²) >= 11 is 3.50. The van der Waals surface area contributed by atoms with Crippen LogP contribution in [0.15, 0.2) is 53.0 Å². The molecule has 0 bridgehead atoms. The molecule has 1 aliphatic carbocycles. The van der Waals surface area contributed by atoms with Crippen molar-refractivity contribution in [1.82, 2.24) is 4.90 Å². The number of carbonyl (C=O) groups is 1. The largest absolute Gasteiger partial charge is 0.417 e. The molecule has 2 aromatic rings. The van der Waals surface area contributed by atoms with Crippen LogP contribution in [0.3, 0.4) is 0 Å². The third-order valence-corrected chi connectivity index (χ3v) is 6.54. The van der Waals surface area contributed by atoms with E-state index in [0.717, 1.165) is 28.4 Å². The summed E-state index contributed by atoms with van der Waals surface area (Å²) in [5.41, 5.74) is 0.542. The van der Waals surface area contributed by atoms with E-state index >= 15 is 0 Å². The molecule has 0 saturated heterocycles. The van der Waals surface area contributed by atoms with Crippen LogP contribution in [-0.2, 0) is 9.53 Å². The van der Waals surface area contributed by atoms with Gasteiger partial charge in [-0.1, -0.05) is 46.3 Å². The summed E-state index contributed by atoms with van der Waals surface area (Å²) in [6.45, 7) is 0.481. The number of ether oxygens (including phenoxy) is 1. The molecule has 1 unspecified atom stereocenters. The van der Waals surface area contributed by atoms with Crippen LogP contribution in [0.5, 0.6) is 0 Å². The number of hydrogen-bond donors (Lipinski definition) is 1. The molecule has 30 heavy (non-hydrogen) atoms. The third kappa shape index (κ3) is 3.88. The summed E-state index contributed by atoms with van der Waals surface area (Å²) in [6.07, 6.45) is -4.60. The molecular weight excluding hydrogens is 461 g/mol. The number of nitrogens with one attached hydrogen (secondary N) is 1. The lowest BCUT2D eigenvalue weighted by molar-refractivity contribution is -0.309. The monoisotopic (exact) mass is 482 g/mol. The molecule has 1 N–H and O–H groups in total. The number of nitrogens with zero attached hydrogens (tertiary/aromatic N) is 1. The van der Waals surface area contributed by atoms with Gasteiger partial charge in [-0.05, 0) is 48.1 Å². The lowest BCUT2D eigenvalue weighted by Gasteiger charge is -2.49. The van der Waals surface area contributed by atoms with Gasteiger partial charge in [0.25, 0.3) is 0 Å². The first-order valence-corrected chi connectivity index (χ1v) is 10.5. The van der Waals surface area contributed by atoms with Gasteiger partial charge in [0.15, 0.2) is 5.60 Å². The molecule has 2 aromatic carbocycles. The molecule has 0 radical (unpaired) electrons. The molecule has 1 amide bonds. The van der Waals surface area contributed by atoms with Gasteiger partial charge in [0.05, 0.1) is 12.6 Å². The first kappa shape index (κ1) is 21.3. The van der Waals surface area contributed by atoms with E-state index < -0.39 is 11.8 Å². The summed E-state index contributed by atoms with van der Waals surface area (Å²) in [6, 6.07) is 15.1. The lowest BCUT2D eigenvalue weighted by Crippen LogP contribution is -2.58. The number of halogens is 4. The smallest absolute Gasteiger partial charge is 0.369 e. The van der Waals surface area contributed by atoms with Gasteiger partial charge in [0.1, 0.15) is 0 Å².